The first-order chi connectivity index (χ1) is 9.11. The Hall–Kier alpha value is -1.10. The molecular formula is C15H19BrN2O. The largest absolute Gasteiger partial charge is 0.472 e. The maximum atomic E-state index is 5.95. The highest BCUT2D eigenvalue weighted by atomic mass is 79.9. The monoisotopic (exact) mass is 322 g/mol. The lowest BCUT2D eigenvalue weighted by molar-refractivity contribution is 0.241. The van der Waals surface area contributed by atoms with Gasteiger partial charge < -0.3 is 10.2 Å². The average molecular weight is 323 g/mol. The highest BCUT2D eigenvalue weighted by Crippen LogP contribution is 2.25. The standard InChI is InChI=1S/C15H19BrN2O/c1-11-7-13(3-4-14(11)16)15(8-17)18(2)9-12-5-6-19-10-12/h3-7,10,15H,8-9,17H2,1-2H3. The molecule has 1 unspecified atom stereocenters. The average Bonchev–Trinajstić information content (AvgIpc) is 2.87. The summed E-state index contributed by atoms with van der Waals surface area (Å²) in [6.45, 7) is 3.51. The van der Waals surface area contributed by atoms with E-state index in [-0.39, 0.29) is 6.04 Å². The first-order valence-electron chi connectivity index (χ1n) is 6.29. The van der Waals surface area contributed by atoms with E-state index in [4.69, 9.17) is 10.2 Å². The van der Waals surface area contributed by atoms with Crippen molar-refractivity contribution in [2.45, 2.75) is 19.5 Å². The van der Waals surface area contributed by atoms with Gasteiger partial charge in [-0.2, -0.15) is 0 Å². The fraction of sp³-hybridized carbons (Fsp3) is 0.333. The molecule has 0 bridgehead atoms. The van der Waals surface area contributed by atoms with Crippen LogP contribution in [0.4, 0.5) is 0 Å². The van der Waals surface area contributed by atoms with Gasteiger partial charge in [0.25, 0.3) is 0 Å². The van der Waals surface area contributed by atoms with Gasteiger partial charge in [0.15, 0.2) is 0 Å². The molecule has 2 N–H and O–H groups in total. The first kappa shape index (κ1) is 14.3. The van der Waals surface area contributed by atoms with Crippen LogP contribution in [0, 0.1) is 6.92 Å². The van der Waals surface area contributed by atoms with E-state index in [0.717, 1.165) is 16.6 Å². The Morgan fingerprint density at radius 1 is 1.37 bits per heavy atom. The van der Waals surface area contributed by atoms with Gasteiger partial charge in [0.2, 0.25) is 0 Å². The lowest BCUT2D eigenvalue weighted by Gasteiger charge is -2.27. The van der Waals surface area contributed by atoms with Crippen molar-refractivity contribution in [3.63, 3.8) is 0 Å². The molecular weight excluding hydrogens is 304 g/mol. The number of nitrogens with two attached hydrogens (primary N) is 1. The van der Waals surface area contributed by atoms with Gasteiger partial charge in [-0.25, -0.2) is 0 Å². The summed E-state index contributed by atoms with van der Waals surface area (Å²) < 4.78 is 6.23. The quantitative estimate of drug-likeness (QED) is 0.916. The summed E-state index contributed by atoms with van der Waals surface area (Å²) >= 11 is 3.53. The maximum absolute atomic E-state index is 5.95. The lowest BCUT2D eigenvalue weighted by Crippen LogP contribution is -2.30. The van der Waals surface area contributed by atoms with Crippen LogP contribution in [0.5, 0.6) is 0 Å². The van der Waals surface area contributed by atoms with Crippen molar-refractivity contribution in [1.82, 2.24) is 4.90 Å². The topological polar surface area (TPSA) is 42.4 Å². The number of aryl methyl sites for hydroxylation is 1. The molecule has 0 aliphatic heterocycles. The molecule has 3 nitrogen and oxygen atoms in total. The highest BCUT2D eigenvalue weighted by Gasteiger charge is 2.16. The number of rotatable bonds is 5. The second-order valence-electron chi connectivity index (χ2n) is 4.81. The van der Waals surface area contributed by atoms with Crippen molar-refractivity contribution >= 4 is 15.9 Å². The molecule has 4 heteroatoms. The van der Waals surface area contributed by atoms with Gasteiger partial charge in [-0.05, 0) is 37.2 Å². The van der Waals surface area contributed by atoms with Crippen LogP contribution >= 0.6 is 15.9 Å². The summed E-state index contributed by atoms with van der Waals surface area (Å²) in [4.78, 5) is 2.24. The molecule has 2 aromatic rings. The fourth-order valence-corrected chi connectivity index (χ4v) is 2.47. The summed E-state index contributed by atoms with van der Waals surface area (Å²) in [5.74, 6) is 0. The highest BCUT2D eigenvalue weighted by molar-refractivity contribution is 9.10. The van der Waals surface area contributed by atoms with Crippen LogP contribution in [0.15, 0.2) is 45.7 Å². The third-order valence-corrected chi connectivity index (χ3v) is 4.22. The molecule has 0 saturated carbocycles. The second kappa shape index (κ2) is 6.37. The van der Waals surface area contributed by atoms with Gasteiger partial charge in [0, 0.05) is 29.2 Å². The minimum atomic E-state index is 0.210. The van der Waals surface area contributed by atoms with Crippen LogP contribution in [-0.2, 0) is 6.54 Å². The zero-order chi connectivity index (χ0) is 13.8. The fourth-order valence-electron chi connectivity index (χ4n) is 2.23. The second-order valence-corrected chi connectivity index (χ2v) is 5.66. The molecule has 0 spiro atoms. The van der Waals surface area contributed by atoms with Crippen molar-refractivity contribution in [2.24, 2.45) is 5.73 Å². The molecule has 0 saturated heterocycles. The smallest absolute Gasteiger partial charge is 0.0947 e. The summed E-state index contributed by atoms with van der Waals surface area (Å²) in [6, 6.07) is 8.59. The summed E-state index contributed by atoms with van der Waals surface area (Å²) in [7, 11) is 2.09. The van der Waals surface area contributed by atoms with Crippen molar-refractivity contribution < 1.29 is 4.42 Å². The van der Waals surface area contributed by atoms with Crippen molar-refractivity contribution in [1.29, 1.82) is 0 Å². The first-order valence-corrected chi connectivity index (χ1v) is 7.08. The predicted octanol–water partition coefficient (Wildman–Crippen LogP) is 3.48. The van der Waals surface area contributed by atoms with E-state index < -0.39 is 0 Å². The number of furan rings is 1. The molecule has 0 amide bonds. The predicted molar refractivity (Wildman–Crippen MR) is 80.8 cm³/mol. The van der Waals surface area contributed by atoms with Gasteiger partial charge in [-0.3, -0.25) is 4.90 Å². The molecule has 102 valence electrons. The number of benzene rings is 1. The van der Waals surface area contributed by atoms with Crippen LogP contribution in [0.1, 0.15) is 22.7 Å². The zero-order valence-electron chi connectivity index (χ0n) is 11.3. The van der Waals surface area contributed by atoms with Crippen LogP contribution in [0.2, 0.25) is 0 Å². The Bertz CT molecular complexity index is 525. The minimum absolute atomic E-state index is 0.210. The van der Waals surface area contributed by atoms with E-state index >= 15 is 0 Å². The number of hydrogen-bond acceptors (Lipinski definition) is 3. The van der Waals surface area contributed by atoms with E-state index in [9.17, 15) is 0 Å². The molecule has 19 heavy (non-hydrogen) atoms. The number of hydrogen-bond donors (Lipinski definition) is 1. The maximum Gasteiger partial charge on any atom is 0.0947 e. The summed E-state index contributed by atoms with van der Waals surface area (Å²) in [5.41, 5.74) is 9.58. The van der Waals surface area contributed by atoms with Crippen LogP contribution < -0.4 is 5.73 Å². The zero-order valence-corrected chi connectivity index (χ0v) is 12.9. The SMILES string of the molecule is Cc1cc(C(CN)N(C)Cc2ccoc2)ccc1Br. The van der Waals surface area contributed by atoms with E-state index in [1.807, 2.05) is 6.07 Å². The molecule has 1 aromatic carbocycles. The molecule has 0 aliphatic rings. The number of likely N-dealkylation sites (N-methyl/N-ethyl adjacent to an activating group) is 1. The van der Waals surface area contributed by atoms with Gasteiger partial charge in [-0.1, -0.05) is 28.1 Å². The Labute approximate surface area is 122 Å². The molecule has 2 rings (SSSR count). The van der Waals surface area contributed by atoms with Crippen LogP contribution in [-0.4, -0.2) is 18.5 Å². The van der Waals surface area contributed by atoms with Gasteiger partial charge in [-0.15, -0.1) is 0 Å². The van der Waals surface area contributed by atoms with E-state index in [2.05, 4.69) is 53.0 Å². The summed E-state index contributed by atoms with van der Waals surface area (Å²) in [5, 5.41) is 0. The van der Waals surface area contributed by atoms with E-state index in [1.54, 1.807) is 12.5 Å². The Morgan fingerprint density at radius 3 is 2.74 bits per heavy atom. The molecule has 1 aromatic heterocycles. The Balaban J connectivity index is 2.16. The van der Waals surface area contributed by atoms with Crippen molar-refractivity contribution in [3.8, 4) is 0 Å². The summed E-state index contributed by atoms with van der Waals surface area (Å²) in [6.07, 6.45) is 3.47. The molecule has 1 heterocycles. The van der Waals surface area contributed by atoms with Crippen LogP contribution in [0.25, 0.3) is 0 Å². The molecule has 0 radical (unpaired) electrons. The molecule has 1 atom stereocenters. The third-order valence-electron chi connectivity index (χ3n) is 3.33. The van der Waals surface area contributed by atoms with Gasteiger partial charge >= 0.3 is 0 Å². The number of halogens is 1. The normalized spacial score (nSPS) is 12.9. The van der Waals surface area contributed by atoms with E-state index in [0.29, 0.717) is 6.54 Å². The van der Waals surface area contributed by atoms with Crippen LogP contribution in [0.3, 0.4) is 0 Å². The molecule has 0 aliphatic carbocycles. The lowest BCUT2D eigenvalue weighted by atomic mass is 10.0. The van der Waals surface area contributed by atoms with Crippen molar-refractivity contribution in [3.05, 3.63) is 58.0 Å². The minimum Gasteiger partial charge on any atom is -0.472 e. The Morgan fingerprint density at radius 2 is 2.16 bits per heavy atom. The van der Waals surface area contributed by atoms with Crippen molar-refractivity contribution in [2.75, 3.05) is 13.6 Å². The Kier molecular flexibility index (Phi) is 4.80. The van der Waals surface area contributed by atoms with Gasteiger partial charge in [0.1, 0.15) is 0 Å². The molecule has 0 fully saturated rings. The third kappa shape index (κ3) is 3.47. The number of nitrogens with zero attached hydrogens (tertiary/aromatic N) is 1. The van der Waals surface area contributed by atoms with Gasteiger partial charge in [0.05, 0.1) is 12.5 Å². The van der Waals surface area contributed by atoms with E-state index in [1.165, 1.54) is 11.1 Å².